The van der Waals surface area contributed by atoms with Crippen LogP contribution in [0.25, 0.3) is 0 Å². The predicted molar refractivity (Wildman–Crippen MR) is 102 cm³/mol. The maximum absolute atomic E-state index is 12.1. The van der Waals surface area contributed by atoms with E-state index < -0.39 is 6.29 Å². The van der Waals surface area contributed by atoms with Gasteiger partial charge in [0.15, 0.2) is 12.6 Å². The minimum atomic E-state index is -0.502. The van der Waals surface area contributed by atoms with Crippen LogP contribution >= 0.6 is 0 Å². The van der Waals surface area contributed by atoms with E-state index in [2.05, 4.69) is 0 Å². The first kappa shape index (κ1) is 21.7. The van der Waals surface area contributed by atoms with E-state index in [4.69, 9.17) is 23.7 Å². The van der Waals surface area contributed by atoms with Gasteiger partial charge in [0, 0.05) is 25.6 Å². The highest BCUT2D eigenvalue weighted by atomic mass is 16.7. The maximum Gasteiger partial charge on any atom is 0.306 e. The van der Waals surface area contributed by atoms with Crippen LogP contribution in [-0.4, -0.2) is 45.0 Å². The molecule has 1 aliphatic heterocycles. The molecular formula is C21H32O6. The van der Waals surface area contributed by atoms with Crippen LogP contribution in [0.4, 0.5) is 0 Å². The molecule has 0 radical (unpaired) electrons. The van der Waals surface area contributed by atoms with E-state index in [1.807, 2.05) is 38.1 Å². The quantitative estimate of drug-likeness (QED) is 0.427. The van der Waals surface area contributed by atoms with E-state index in [1.54, 1.807) is 6.92 Å². The summed E-state index contributed by atoms with van der Waals surface area (Å²) in [5, 5.41) is 0. The van der Waals surface area contributed by atoms with E-state index in [9.17, 15) is 4.79 Å². The molecule has 0 saturated carbocycles. The number of benzene rings is 1. The molecule has 0 amide bonds. The second kappa shape index (κ2) is 12.0. The van der Waals surface area contributed by atoms with Gasteiger partial charge in [-0.05, 0) is 51.3 Å². The molecule has 1 fully saturated rings. The van der Waals surface area contributed by atoms with Crippen molar-refractivity contribution in [1.29, 1.82) is 0 Å². The molecule has 27 heavy (non-hydrogen) atoms. The fourth-order valence-corrected chi connectivity index (χ4v) is 3.13. The van der Waals surface area contributed by atoms with Crippen LogP contribution in [0.15, 0.2) is 24.3 Å². The van der Waals surface area contributed by atoms with Gasteiger partial charge < -0.3 is 23.7 Å². The summed E-state index contributed by atoms with van der Waals surface area (Å²) >= 11 is 0. The van der Waals surface area contributed by atoms with Crippen molar-refractivity contribution in [2.75, 3.05) is 26.4 Å². The first-order valence-electron chi connectivity index (χ1n) is 9.94. The highest BCUT2D eigenvalue weighted by Gasteiger charge is 2.28. The molecule has 2 rings (SSSR count). The highest BCUT2D eigenvalue weighted by molar-refractivity contribution is 5.70. The summed E-state index contributed by atoms with van der Waals surface area (Å²) in [6.45, 7) is 7.73. The Kier molecular flexibility index (Phi) is 9.59. The standard InChI is InChI=1S/C21H32O6/c1-4-23-19(22)15-18(21(24-5-2)25-6-3)16-10-12-17(13-11-16)27-20-9-7-8-14-26-20/h10-13,18,20-21H,4-9,14-15H2,1-3H3. The van der Waals surface area contributed by atoms with Crippen molar-refractivity contribution >= 4 is 5.97 Å². The smallest absolute Gasteiger partial charge is 0.306 e. The minimum absolute atomic E-state index is 0.181. The molecular weight excluding hydrogens is 348 g/mol. The second-order valence-electron chi connectivity index (χ2n) is 6.38. The summed E-state index contributed by atoms with van der Waals surface area (Å²) in [6, 6.07) is 7.71. The van der Waals surface area contributed by atoms with E-state index in [0.29, 0.717) is 19.8 Å². The molecule has 1 aromatic rings. The number of carbonyl (C=O) groups excluding carboxylic acids is 1. The SMILES string of the molecule is CCOC(=O)CC(c1ccc(OC2CCCCO2)cc1)C(OCC)OCC. The van der Waals surface area contributed by atoms with Crippen molar-refractivity contribution in [3.63, 3.8) is 0 Å². The lowest BCUT2D eigenvalue weighted by Crippen LogP contribution is -2.28. The Hall–Kier alpha value is -1.63. The molecule has 0 aromatic heterocycles. The summed E-state index contributed by atoms with van der Waals surface area (Å²) in [7, 11) is 0. The molecule has 0 N–H and O–H groups in total. The van der Waals surface area contributed by atoms with Gasteiger partial charge in [-0.2, -0.15) is 0 Å². The summed E-state index contributed by atoms with van der Waals surface area (Å²) < 4.78 is 28.1. The Labute approximate surface area is 162 Å². The number of carbonyl (C=O) groups is 1. The van der Waals surface area contributed by atoms with Crippen molar-refractivity contribution in [1.82, 2.24) is 0 Å². The predicted octanol–water partition coefficient (Wildman–Crippen LogP) is 4.03. The normalized spacial score (nSPS) is 18.3. The Morgan fingerprint density at radius 1 is 1.07 bits per heavy atom. The third-order valence-corrected chi connectivity index (χ3v) is 4.40. The lowest BCUT2D eigenvalue weighted by molar-refractivity contribution is -0.162. The summed E-state index contributed by atoms with van der Waals surface area (Å²) in [4.78, 5) is 12.1. The zero-order chi connectivity index (χ0) is 19.5. The monoisotopic (exact) mass is 380 g/mol. The van der Waals surface area contributed by atoms with Crippen LogP contribution in [-0.2, 0) is 23.7 Å². The topological polar surface area (TPSA) is 63.2 Å². The first-order chi connectivity index (χ1) is 13.2. The van der Waals surface area contributed by atoms with Gasteiger partial charge >= 0.3 is 5.97 Å². The zero-order valence-corrected chi connectivity index (χ0v) is 16.6. The van der Waals surface area contributed by atoms with Crippen LogP contribution in [0.5, 0.6) is 5.75 Å². The lowest BCUT2D eigenvalue weighted by Gasteiger charge is -2.27. The highest BCUT2D eigenvalue weighted by Crippen LogP contribution is 2.29. The molecule has 2 atom stereocenters. The van der Waals surface area contributed by atoms with Crippen LogP contribution in [0.2, 0.25) is 0 Å². The second-order valence-corrected chi connectivity index (χ2v) is 6.38. The van der Waals surface area contributed by atoms with E-state index in [0.717, 1.165) is 37.2 Å². The molecule has 1 saturated heterocycles. The molecule has 0 aliphatic carbocycles. The molecule has 6 nitrogen and oxygen atoms in total. The van der Waals surface area contributed by atoms with Crippen LogP contribution < -0.4 is 4.74 Å². The zero-order valence-electron chi connectivity index (χ0n) is 16.6. The summed E-state index contributed by atoms with van der Waals surface area (Å²) in [6.07, 6.45) is 2.63. The van der Waals surface area contributed by atoms with Gasteiger partial charge in [-0.1, -0.05) is 12.1 Å². The Bertz CT molecular complexity index is 532. The number of hydrogen-bond acceptors (Lipinski definition) is 6. The first-order valence-corrected chi connectivity index (χ1v) is 9.94. The molecule has 6 heteroatoms. The van der Waals surface area contributed by atoms with Gasteiger partial charge in [-0.15, -0.1) is 0 Å². The Balaban J connectivity index is 2.10. The van der Waals surface area contributed by atoms with Crippen LogP contribution in [0, 0.1) is 0 Å². The van der Waals surface area contributed by atoms with Gasteiger partial charge in [0.1, 0.15) is 5.75 Å². The molecule has 152 valence electrons. The van der Waals surface area contributed by atoms with Crippen molar-refractivity contribution < 1.29 is 28.5 Å². The Morgan fingerprint density at radius 2 is 1.78 bits per heavy atom. The number of ether oxygens (including phenoxy) is 5. The van der Waals surface area contributed by atoms with Crippen molar-refractivity contribution in [2.45, 2.75) is 65.0 Å². The molecule has 0 bridgehead atoms. The van der Waals surface area contributed by atoms with Crippen LogP contribution in [0.3, 0.4) is 0 Å². The van der Waals surface area contributed by atoms with E-state index in [1.165, 1.54) is 0 Å². The fraction of sp³-hybridized carbons (Fsp3) is 0.667. The number of esters is 1. The van der Waals surface area contributed by atoms with Gasteiger partial charge in [0.25, 0.3) is 0 Å². The fourth-order valence-electron chi connectivity index (χ4n) is 3.13. The minimum Gasteiger partial charge on any atom is -0.466 e. The van der Waals surface area contributed by atoms with Gasteiger partial charge in [0.2, 0.25) is 0 Å². The van der Waals surface area contributed by atoms with Crippen molar-refractivity contribution in [3.05, 3.63) is 29.8 Å². The molecule has 1 aliphatic rings. The van der Waals surface area contributed by atoms with Gasteiger partial charge in [-0.25, -0.2) is 0 Å². The number of rotatable bonds is 11. The third kappa shape index (κ3) is 7.13. The molecule has 2 unspecified atom stereocenters. The molecule has 0 spiro atoms. The van der Waals surface area contributed by atoms with Gasteiger partial charge in [0.05, 0.1) is 19.6 Å². The van der Waals surface area contributed by atoms with Gasteiger partial charge in [-0.3, -0.25) is 4.79 Å². The third-order valence-electron chi connectivity index (χ3n) is 4.40. The number of hydrogen-bond donors (Lipinski definition) is 0. The Morgan fingerprint density at radius 3 is 2.33 bits per heavy atom. The van der Waals surface area contributed by atoms with Crippen molar-refractivity contribution in [3.8, 4) is 5.75 Å². The summed E-state index contributed by atoms with van der Waals surface area (Å²) in [5.74, 6) is 0.247. The average molecular weight is 380 g/mol. The molecule has 1 aromatic carbocycles. The van der Waals surface area contributed by atoms with E-state index >= 15 is 0 Å². The van der Waals surface area contributed by atoms with E-state index in [-0.39, 0.29) is 24.6 Å². The van der Waals surface area contributed by atoms with Crippen molar-refractivity contribution in [2.24, 2.45) is 0 Å². The lowest BCUT2D eigenvalue weighted by atomic mass is 9.94. The largest absolute Gasteiger partial charge is 0.466 e. The average Bonchev–Trinajstić information content (AvgIpc) is 2.68. The summed E-state index contributed by atoms with van der Waals surface area (Å²) in [5.41, 5.74) is 0.951. The van der Waals surface area contributed by atoms with Crippen LogP contribution in [0.1, 0.15) is 57.9 Å². The molecule has 1 heterocycles. The maximum atomic E-state index is 12.1.